The third kappa shape index (κ3) is 2.31. The summed E-state index contributed by atoms with van der Waals surface area (Å²) in [4.78, 5) is 8.55. The van der Waals surface area contributed by atoms with E-state index in [2.05, 4.69) is 20.5 Å². The summed E-state index contributed by atoms with van der Waals surface area (Å²) in [5.74, 6) is 5.85. The molecule has 0 saturated carbocycles. The summed E-state index contributed by atoms with van der Waals surface area (Å²) < 4.78 is 6.81. The fourth-order valence-corrected chi connectivity index (χ4v) is 2.74. The highest BCUT2D eigenvalue weighted by molar-refractivity contribution is 7.98. The number of ether oxygens (including phenoxy) is 1. The fraction of sp³-hybridized carbons (Fsp3) is 0.545. The van der Waals surface area contributed by atoms with Gasteiger partial charge in [0.1, 0.15) is 18.3 Å². The molecule has 1 aliphatic rings. The number of thioether (sulfide) groups is 1. The number of aromatic nitrogens is 4. The van der Waals surface area contributed by atoms with Crippen LogP contribution < -0.4 is 11.3 Å². The molecule has 3 heterocycles. The molecule has 11 heteroatoms. The molecule has 0 spiro atoms. The predicted octanol–water partition coefficient (Wildman–Crippen LogP) is -1.55. The van der Waals surface area contributed by atoms with Crippen molar-refractivity contribution in [3.63, 3.8) is 0 Å². The predicted molar refractivity (Wildman–Crippen MR) is 77.9 cm³/mol. The van der Waals surface area contributed by atoms with Crippen LogP contribution in [-0.2, 0) is 4.74 Å². The molecule has 2 aromatic rings. The van der Waals surface area contributed by atoms with Crippen LogP contribution in [0.3, 0.4) is 0 Å². The van der Waals surface area contributed by atoms with Crippen LogP contribution >= 0.6 is 11.8 Å². The third-order valence-electron chi connectivity index (χ3n) is 3.51. The van der Waals surface area contributed by atoms with Crippen molar-refractivity contribution < 1.29 is 20.1 Å². The number of hydrazine groups is 1. The molecule has 0 radical (unpaired) electrons. The Bertz CT molecular complexity index is 682. The first-order valence-electron chi connectivity index (χ1n) is 6.49. The summed E-state index contributed by atoms with van der Waals surface area (Å²) in [5, 5.41) is 34.3. The van der Waals surface area contributed by atoms with Crippen LogP contribution in [0.15, 0.2) is 11.4 Å². The average Bonchev–Trinajstić information content (AvgIpc) is 3.08. The molecule has 3 rings (SSSR count). The summed E-state index contributed by atoms with van der Waals surface area (Å²) in [6.07, 6.45) is -0.976. The molecule has 4 atom stereocenters. The zero-order chi connectivity index (χ0) is 15.9. The lowest BCUT2D eigenvalue weighted by Gasteiger charge is -2.16. The number of hydrogen-bond acceptors (Lipinski definition) is 10. The Hall–Kier alpha value is -1.50. The van der Waals surface area contributed by atoms with Crippen molar-refractivity contribution in [2.45, 2.75) is 29.7 Å². The van der Waals surface area contributed by atoms with E-state index in [9.17, 15) is 10.2 Å². The lowest BCUT2D eigenvalue weighted by Crippen LogP contribution is -2.33. The van der Waals surface area contributed by atoms with E-state index < -0.39 is 31.1 Å². The minimum Gasteiger partial charge on any atom is -0.394 e. The standard InChI is InChI=1S/C11H16N6O4S/c1-22-11-14-8(16-12)4-2-13-17(9(4)15-11)10-7(20)6(19)5(3-18)21-10/h2,5-7,10,18-20H,3,12H2,1H3,(H,14,15,16). The van der Waals surface area contributed by atoms with Crippen LogP contribution in [-0.4, -0.2) is 66.2 Å². The first kappa shape index (κ1) is 15.4. The van der Waals surface area contributed by atoms with Gasteiger partial charge in [-0.15, -0.1) is 0 Å². The first-order chi connectivity index (χ1) is 10.6. The molecule has 120 valence electrons. The summed E-state index contributed by atoms with van der Waals surface area (Å²) in [6, 6.07) is 0. The van der Waals surface area contributed by atoms with E-state index in [0.29, 0.717) is 22.0 Å². The zero-order valence-corrected chi connectivity index (χ0v) is 12.4. The third-order valence-corrected chi connectivity index (χ3v) is 4.06. The van der Waals surface area contributed by atoms with Gasteiger partial charge in [0.2, 0.25) is 0 Å². The smallest absolute Gasteiger partial charge is 0.191 e. The minimum absolute atomic E-state index is 0.396. The summed E-state index contributed by atoms with van der Waals surface area (Å²) in [6.45, 7) is -0.408. The second kappa shape index (κ2) is 5.95. The fourth-order valence-electron chi connectivity index (χ4n) is 2.38. The van der Waals surface area contributed by atoms with Crippen LogP contribution in [0.1, 0.15) is 6.23 Å². The van der Waals surface area contributed by atoms with Gasteiger partial charge in [-0.05, 0) is 6.26 Å². The van der Waals surface area contributed by atoms with Gasteiger partial charge in [0.25, 0.3) is 0 Å². The number of nitrogens with two attached hydrogens (primary N) is 1. The maximum Gasteiger partial charge on any atom is 0.191 e. The van der Waals surface area contributed by atoms with Crippen molar-refractivity contribution in [2.75, 3.05) is 18.3 Å². The average molecular weight is 328 g/mol. The molecule has 0 aromatic carbocycles. The van der Waals surface area contributed by atoms with Gasteiger partial charge in [0.05, 0.1) is 18.2 Å². The van der Waals surface area contributed by atoms with E-state index >= 15 is 0 Å². The quantitative estimate of drug-likeness (QED) is 0.193. The molecule has 1 saturated heterocycles. The normalized spacial score (nSPS) is 28.4. The van der Waals surface area contributed by atoms with Gasteiger partial charge in [0, 0.05) is 0 Å². The number of anilines is 1. The van der Waals surface area contributed by atoms with Crippen molar-refractivity contribution in [3.8, 4) is 0 Å². The van der Waals surface area contributed by atoms with E-state index in [4.69, 9.17) is 15.7 Å². The Kier molecular flexibility index (Phi) is 4.16. The maximum absolute atomic E-state index is 10.1. The van der Waals surface area contributed by atoms with Gasteiger partial charge >= 0.3 is 0 Å². The Morgan fingerprint density at radius 3 is 2.77 bits per heavy atom. The molecule has 0 amide bonds. The van der Waals surface area contributed by atoms with Gasteiger partial charge in [-0.1, -0.05) is 11.8 Å². The summed E-state index contributed by atoms with van der Waals surface area (Å²) in [7, 11) is 0. The van der Waals surface area contributed by atoms with E-state index in [-0.39, 0.29) is 0 Å². The molecule has 6 N–H and O–H groups in total. The number of hydrogen-bond donors (Lipinski definition) is 5. The number of nitrogens with one attached hydrogen (secondary N) is 1. The van der Waals surface area contributed by atoms with E-state index in [1.165, 1.54) is 22.6 Å². The van der Waals surface area contributed by atoms with E-state index in [1.54, 1.807) is 0 Å². The molecule has 0 bridgehead atoms. The Morgan fingerprint density at radius 1 is 1.41 bits per heavy atom. The molecule has 1 aliphatic heterocycles. The van der Waals surface area contributed by atoms with Crippen LogP contribution in [0.5, 0.6) is 0 Å². The van der Waals surface area contributed by atoms with Crippen LogP contribution in [0.2, 0.25) is 0 Å². The summed E-state index contributed by atoms with van der Waals surface area (Å²) in [5.41, 5.74) is 2.88. The Balaban J connectivity index is 2.08. The molecule has 22 heavy (non-hydrogen) atoms. The summed E-state index contributed by atoms with van der Waals surface area (Å²) >= 11 is 1.32. The molecule has 2 aromatic heterocycles. The van der Waals surface area contributed by atoms with Crippen LogP contribution in [0.25, 0.3) is 11.0 Å². The van der Waals surface area contributed by atoms with Crippen molar-refractivity contribution >= 4 is 28.6 Å². The van der Waals surface area contributed by atoms with Gasteiger partial charge in [0.15, 0.2) is 22.8 Å². The van der Waals surface area contributed by atoms with Crippen molar-refractivity contribution in [1.82, 2.24) is 19.7 Å². The molecule has 0 aliphatic carbocycles. The van der Waals surface area contributed by atoms with Crippen LogP contribution in [0, 0.1) is 0 Å². The number of aliphatic hydroxyl groups excluding tert-OH is 3. The largest absolute Gasteiger partial charge is 0.394 e. The Morgan fingerprint density at radius 2 is 2.18 bits per heavy atom. The molecule has 1 fully saturated rings. The van der Waals surface area contributed by atoms with Gasteiger partial charge in [-0.3, -0.25) is 0 Å². The SMILES string of the molecule is CSc1nc(NN)c2cnn(C3OC(CO)C(O)C3O)c2n1. The lowest BCUT2D eigenvalue weighted by atomic mass is 10.1. The molecule has 4 unspecified atom stereocenters. The number of fused-ring (bicyclic) bond motifs is 1. The lowest BCUT2D eigenvalue weighted by molar-refractivity contribution is -0.0566. The molecule has 10 nitrogen and oxygen atoms in total. The molecular weight excluding hydrogens is 312 g/mol. The van der Waals surface area contributed by atoms with Crippen molar-refractivity contribution in [2.24, 2.45) is 5.84 Å². The zero-order valence-electron chi connectivity index (χ0n) is 11.6. The van der Waals surface area contributed by atoms with E-state index in [0.717, 1.165) is 0 Å². The second-order valence-corrected chi connectivity index (χ2v) is 5.53. The number of rotatable bonds is 4. The van der Waals surface area contributed by atoms with Crippen molar-refractivity contribution in [3.05, 3.63) is 6.20 Å². The number of nitrogens with zero attached hydrogens (tertiary/aromatic N) is 4. The van der Waals surface area contributed by atoms with Crippen LogP contribution in [0.4, 0.5) is 5.82 Å². The number of nitrogen functional groups attached to an aromatic ring is 1. The maximum atomic E-state index is 10.1. The van der Waals surface area contributed by atoms with Gasteiger partial charge in [-0.25, -0.2) is 20.5 Å². The minimum atomic E-state index is -1.23. The highest BCUT2D eigenvalue weighted by Crippen LogP contribution is 2.32. The second-order valence-electron chi connectivity index (χ2n) is 4.76. The van der Waals surface area contributed by atoms with Crippen molar-refractivity contribution in [1.29, 1.82) is 0 Å². The monoisotopic (exact) mass is 328 g/mol. The highest BCUT2D eigenvalue weighted by atomic mass is 32.2. The van der Waals surface area contributed by atoms with Gasteiger partial charge < -0.3 is 25.5 Å². The Labute approximate surface area is 129 Å². The highest BCUT2D eigenvalue weighted by Gasteiger charge is 2.44. The first-order valence-corrected chi connectivity index (χ1v) is 7.71. The van der Waals surface area contributed by atoms with Gasteiger partial charge in [-0.2, -0.15) is 5.10 Å². The molecular formula is C11H16N6O4S. The van der Waals surface area contributed by atoms with E-state index in [1.807, 2.05) is 6.26 Å². The number of aliphatic hydroxyl groups is 3. The topological polar surface area (TPSA) is 152 Å².